The first-order chi connectivity index (χ1) is 28.5. The third-order valence-corrected chi connectivity index (χ3v) is 15.0. The standard InChI is InChI=1S/C48H53FN2O9/c1-27-20-39-38-15-13-32-22-34(52)16-18-45(32,2)47(38,49)40(53)24-46(39,3)48(27,58)41(54)26-60-44(57)36-23-35(36)43(56)59-19-17-28-8-10-30(11-9-28)37(25-50)42(55)51-33-14-12-29-6-4-5-7-31(29)21-33/h4-12,14,16,18,21-22,27,35-40,53,58H,13,15,17,19-20,23-26,50H2,1-3H3,(H,51,55)/t27-,35?,36?,37?,38+,39+,40+,45+,46+,47+,48+/m1/s1. The van der Waals surface area contributed by atoms with Crippen LogP contribution in [0.25, 0.3) is 10.8 Å². The van der Waals surface area contributed by atoms with Crippen molar-refractivity contribution in [3.8, 4) is 0 Å². The lowest BCUT2D eigenvalue weighted by atomic mass is 9.44. The highest BCUT2D eigenvalue weighted by atomic mass is 19.1. The molecule has 5 aliphatic rings. The Balaban J connectivity index is 0.813. The van der Waals surface area contributed by atoms with Gasteiger partial charge in [-0.3, -0.25) is 24.0 Å². The average Bonchev–Trinajstić information content (AvgIpc) is 4.01. The van der Waals surface area contributed by atoms with Crippen LogP contribution in [0.4, 0.5) is 10.1 Å². The van der Waals surface area contributed by atoms with Crippen LogP contribution in [0.3, 0.4) is 0 Å². The predicted molar refractivity (Wildman–Crippen MR) is 221 cm³/mol. The number of alkyl halides is 1. The number of nitrogens with one attached hydrogen (secondary N) is 1. The summed E-state index contributed by atoms with van der Waals surface area (Å²) in [6.07, 6.45) is 4.44. The minimum atomic E-state index is -2.10. The van der Waals surface area contributed by atoms with Crippen molar-refractivity contribution in [2.45, 2.75) is 82.6 Å². The Morgan fingerprint density at radius 2 is 1.65 bits per heavy atom. The lowest BCUT2D eigenvalue weighted by Gasteiger charge is -2.62. The molecule has 316 valence electrons. The van der Waals surface area contributed by atoms with E-state index in [1.54, 1.807) is 26.8 Å². The number of hydrogen-bond donors (Lipinski definition) is 4. The van der Waals surface area contributed by atoms with Crippen molar-refractivity contribution in [2.24, 2.45) is 46.2 Å². The number of esters is 2. The minimum Gasteiger partial charge on any atom is -0.465 e. The number of nitrogens with two attached hydrogens (primary N) is 1. The number of carbonyl (C=O) groups is 5. The molecule has 0 spiro atoms. The summed E-state index contributed by atoms with van der Waals surface area (Å²) in [7, 11) is 0. The Morgan fingerprint density at radius 1 is 0.950 bits per heavy atom. The molecule has 11 nitrogen and oxygen atoms in total. The van der Waals surface area contributed by atoms with Gasteiger partial charge in [-0.2, -0.15) is 0 Å². The van der Waals surface area contributed by atoms with E-state index in [0.29, 0.717) is 36.9 Å². The number of benzene rings is 3. The van der Waals surface area contributed by atoms with Gasteiger partial charge in [0.25, 0.3) is 0 Å². The van der Waals surface area contributed by atoms with Crippen molar-refractivity contribution in [2.75, 3.05) is 25.1 Å². The maximum atomic E-state index is 17.5. The van der Waals surface area contributed by atoms with Crippen LogP contribution in [-0.2, 0) is 39.9 Å². The smallest absolute Gasteiger partial charge is 0.310 e. The molecule has 4 fully saturated rings. The molecule has 0 radical (unpaired) electrons. The zero-order valence-corrected chi connectivity index (χ0v) is 34.2. The van der Waals surface area contributed by atoms with Gasteiger partial charge in [-0.15, -0.1) is 0 Å². The summed E-state index contributed by atoms with van der Waals surface area (Å²) < 4.78 is 28.4. The summed E-state index contributed by atoms with van der Waals surface area (Å²) in [6, 6.07) is 21.0. The molecule has 5 N–H and O–H groups in total. The number of anilines is 1. The van der Waals surface area contributed by atoms with Crippen molar-refractivity contribution in [1.29, 1.82) is 0 Å². The summed E-state index contributed by atoms with van der Waals surface area (Å²) in [4.78, 5) is 65.1. The van der Waals surface area contributed by atoms with Gasteiger partial charge in [0.05, 0.1) is 30.5 Å². The monoisotopic (exact) mass is 820 g/mol. The van der Waals surface area contributed by atoms with Gasteiger partial charge in [-0.1, -0.05) is 80.1 Å². The lowest BCUT2D eigenvalue weighted by molar-refractivity contribution is -0.220. The van der Waals surface area contributed by atoms with Crippen molar-refractivity contribution < 1.29 is 48.0 Å². The maximum Gasteiger partial charge on any atom is 0.310 e. The molecule has 1 amide bonds. The Labute approximate surface area is 348 Å². The van der Waals surface area contributed by atoms with E-state index in [1.807, 2.05) is 66.7 Å². The second kappa shape index (κ2) is 15.5. The molecule has 3 aromatic rings. The van der Waals surface area contributed by atoms with Gasteiger partial charge in [0.15, 0.2) is 18.1 Å². The molecule has 5 aliphatic carbocycles. The Bertz CT molecular complexity index is 2310. The third kappa shape index (κ3) is 6.71. The van der Waals surface area contributed by atoms with Gasteiger partial charge >= 0.3 is 11.9 Å². The first-order valence-electron chi connectivity index (χ1n) is 21.0. The van der Waals surface area contributed by atoms with E-state index in [9.17, 15) is 34.2 Å². The number of carbonyl (C=O) groups excluding carboxylic acids is 5. The second-order valence-electron chi connectivity index (χ2n) is 18.1. The molecule has 12 heteroatoms. The van der Waals surface area contributed by atoms with Crippen LogP contribution in [0.2, 0.25) is 0 Å². The van der Waals surface area contributed by atoms with E-state index in [0.717, 1.165) is 21.9 Å². The third-order valence-electron chi connectivity index (χ3n) is 15.0. The number of rotatable bonds is 12. The van der Waals surface area contributed by atoms with Crippen LogP contribution < -0.4 is 11.1 Å². The first-order valence-corrected chi connectivity index (χ1v) is 21.0. The summed E-state index contributed by atoms with van der Waals surface area (Å²) in [5.41, 5.74) is 2.47. The fourth-order valence-electron chi connectivity index (χ4n) is 11.4. The molecule has 11 atom stereocenters. The van der Waals surface area contributed by atoms with Crippen LogP contribution >= 0.6 is 0 Å². The fraction of sp³-hybridized carbons (Fsp3) is 0.479. The van der Waals surface area contributed by atoms with Gasteiger partial charge in [0, 0.05) is 35.4 Å². The molecule has 0 saturated heterocycles. The minimum absolute atomic E-state index is 0.0700. The number of hydrogen-bond acceptors (Lipinski definition) is 10. The molecule has 60 heavy (non-hydrogen) atoms. The normalized spacial score (nSPS) is 34.4. The number of amides is 1. The molecular formula is C48H53FN2O9. The van der Waals surface area contributed by atoms with Crippen LogP contribution in [0, 0.1) is 40.4 Å². The number of aliphatic hydroxyl groups excluding tert-OH is 1. The van der Waals surface area contributed by atoms with Crippen molar-refractivity contribution >= 4 is 45.9 Å². The highest BCUT2D eigenvalue weighted by molar-refractivity contribution is 6.01. The number of Topliss-reactive ketones (excluding diaryl/α,β-unsaturated/α-hetero) is 1. The Kier molecular flexibility index (Phi) is 10.7. The molecule has 8 rings (SSSR count). The summed E-state index contributed by atoms with van der Waals surface area (Å²) in [6.45, 7) is 4.64. The number of halogens is 1. The van der Waals surface area contributed by atoms with Crippen LogP contribution in [0.5, 0.6) is 0 Å². The van der Waals surface area contributed by atoms with E-state index >= 15 is 4.39 Å². The summed E-state index contributed by atoms with van der Waals surface area (Å²) >= 11 is 0. The van der Waals surface area contributed by atoms with Crippen molar-refractivity contribution in [3.63, 3.8) is 0 Å². The van der Waals surface area contributed by atoms with Crippen LogP contribution in [0.1, 0.15) is 69.9 Å². The van der Waals surface area contributed by atoms with E-state index < -0.39 is 88.0 Å². The zero-order valence-electron chi connectivity index (χ0n) is 34.2. The molecule has 4 saturated carbocycles. The van der Waals surface area contributed by atoms with E-state index in [1.165, 1.54) is 12.2 Å². The molecule has 0 bridgehead atoms. The van der Waals surface area contributed by atoms with E-state index in [-0.39, 0.29) is 37.7 Å². The Morgan fingerprint density at radius 3 is 2.37 bits per heavy atom. The lowest BCUT2D eigenvalue weighted by Crippen LogP contribution is -2.69. The highest BCUT2D eigenvalue weighted by Crippen LogP contribution is 2.70. The molecule has 0 aliphatic heterocycles. The molecule has 3 unspecified atom stereocenters. The van der Waals surface area contributed by atoms with Gasteiger partial charge in [-0.05, 0) is 97.0 Å². The predicted octanol–water partition coefficient (Wildman–Crippen LogP) is 5.70. The molecule has 0 heterocycles. The first kappa shape index (κ1) is 41.7. The van der Waals surface area contributed by atoms with E-state index in [4.69, 9.17) is 15.2 Å². The second-order valence-corrected chi connectivity index (χ2v) is 18.1. The summed E-state index contributed by atoms with van der Waals surface area (Å²) in [5.74, 6) is -6.22. The number of allylic oxidation sites excluding steroid dienone is 4. The fourth-order valence-corrected chi connectivity index (χ4v) is 11.4. The van der Waals surface area contributed by atoms with E-state index in [2.05, 4.69) is 5.32 Å². The van der Waals surface area contributed by atoms with Gasteiger partial charge in [-0.25, -0.2) is 4.39 Å². The number of fused-ring (bicyclic) bond motifs is 6. The largest absolute Gasteiger partial charge is 0.465 e. The average molecular weight is 821 g/mol. The Hall–Kier alpha value is -5.04. The van der Waals surface area contributed by atoms with Crippen LogP contribution in [0.15, 0.2) is 90.5 Å². The SMILES string of the molecule is C[C@@H]1C[C@H]2[C@@H]3CCC4=CC(=O)C=C[C@]4(C)[C@@]3(F)[C@@H](O)C[C@]2(C)[C@@]1(O)C(=O)COC(=O)C1CC1C(=O)OCCc1ccc(C(CN)C(=O)Nc2ccc3ccccc3c2)cc1. The van der Waals surface area contributed by atoms with Gasteiger partial charge in [0.1, 0.15) is 5.60 Å². The topological polar surface area (TPSA) is 182 Å². The van der Waals surface area contributed by atoms with Crippen LogP contribution in [-0.4, -0.2) is 76.8 Å². The maximum absolute atomic E-state index is 17.5. The zero-order chi connectivity index (χ0) is 42.8. The number of ether oxygens (including phenoxy) is 2. The summed E-state index contributed by atoms with van der Waals surface area (Å²) in [5, 5.41) is 28.9. The molecule has 3 aromatic carbocycles. The van der Waals surface area contributed by atoms with Crippen molar-refractivity contribution in [3.05, 3.63) is 102 Å². The number of ketones is 2. The quantitative estimate of drug-likeness (QED) is 0.166. The van der Waals surface area contributed by atoms with Gasteiger partial charge < -0.3 is 30.7 Å². The number of aliphatic hydroxyl groups is 2. The van der Waals surface area contributed by atoms with Crippen molar-refractivity contribution in [1.82, 2.24) is 0 Å². The van der Waals surface area contributed by atoms with Gasteiger partial charge in [0.2, 0.25) is 11.7 Å². The molecular weight excluding hydrogens is 768 g/mol. The molecule has 0 aromatic heterocycles. The highest BCUT2D eigenvalue weighted by Gasteiger charge is 2.75.